The van der Waals surface area contributed by atoms with Gasteiger partial charge in [0.05, 0.1) is 11.9 Å². The number of hydrogen-bond donors (Lipinski definition) is 0. The first-order chi connectivity index (χ1) is 7.77. The predicted octanol–water partition coefficient (Wildman–Crippen LogP) is 2.84. The Hall–Kier alpha value is -1.54. The molecule has 3 nitrogen and oxygen atoms in total. The average Bonchev–Trinajstić information content (AvgIpc) is 2.30. The number of rotatable bonds is 2. The van der Waals surface area contributed by atoms with Gasteiger partial charge in [0.25, 0.3) is 0 Å². The van der Waals surface area contributed by atoms with Crippen molar-refractivity contribution in [3.8, 4) is 0 Å². The van der Waals surface area contributed by atoms with Crippen LogP contribution in [0, 0.1) is 13.8 Å². The fraction of sp³-hybridized carbons (Fsp3) is 0.154. The van der Waals surface area contributed by atoms with E-state index in [0.29, 0.717) is 5.82 Å². The van der Waals surface area contributed by atoms with Gasteiger partial charge in [0, 0.05) is 28.9 Å². The molecule has 2 rings (SSSR count). The first kappa shape index (κ1) is 13.5. The van der Waals surface area contributed by atoms with Gasteiger partial charge in [0.1, 0.15) is 0 Å². The molecule has 4 heteroatoms. The number of nitrogens with zero attached hydrogens (tertiary/aromatic N) is 3. The molecular formula is C13H13N3Ni. The van der Waals surface area contributed by atoms with Crippen LogP contribution in [0.15, 0.2) is 41.7 Å². The van der Waals surface area contributed by atoms with E-state index in [0.717, 1.165) is 16.8 Å². The fourth-order valence-electron chi connectivity index (χ4n) is 1.51. The fourth-order valence-corrected chi connectivity index (χ4v) is 1.51. The molecule has 0 aliphatic rings. The quantitative estimate of drug-likeness (QED) is 0.621. The third kappa shape index (κ3) is 3.47. The maximum Gasteiger partial charge on any atom is 0.170 e. The van der Waals surface area contributed by atoms with Crippen molar-refractivity contribution in [3.05, 3.63) is 53.6 Å². The van der Waals surface area contributed by atoms with Gasteiger partial charge in [-0.2, -0.15) is 0 Å². The van der Waals surface area contributed by atoms with E-state index in [9.17, 15) is 0 Å². The Morgan fingerprint density at radius 1 is 1.00 bits per heavy atom. The van der Waals surface area contributed by atoms with Gasteiger partial charge in [-0.3, -0.25) is 4.99 Å². The van der Waals surface area contributed by atoms with Crippen LogP contribution in [-0.4, -0.2) is 16.2 Å². The minimum Gasteiger partial charge on any atom is -0.252 e. The normalized spacial score (nSPS) is 10.2. The van der Waals surface area contributed by atoms with Crippen LogP contribution in [0.2, 0.25) is 0 Å². The summed E-state index contributed by atoms with van der Waals surface area (Å²) in [6, 6.07) is 7.91. The molecule has 0 radical (unpaired) electrons. The van der Waals surface area contributed by atoms with Crippen molar-refractivity contribution < 1.29 is 16.5 Å². The standard InChI is InChI=1S/C13H13N3.Ni/c1-10-5-3-6-11(2)13(10)16-9-12-14-7-4-8-15-12;/h3-9H,1-2H3;. The van der Waals surface area contributed by atoms with E-state index in [1.54, 1.807) is 24.7 Å². The molecular weight excluding hydrogens is 257 g/mol. The van der Waals surface area contributed by atoms with E-state index in [4.69, 9.17) is 0 Å². The first-order valence-corrected chi connectivity index (χ1v) is 5.14. The van der Waals surface area contributed by atoms with Gasteiger partial charge in [-0.05, 0) is 31.0 Å². The van der Waals surface area contributed by atoms with Gasteiger partial charge in [-0.15, -0.1) is 0 Å². The van der Waals surface area contributed by atoms with Crippen molar-refractivity contribution in [2.45, 2.75) is 13.8 Å². The van der Waals surface area contributed by atoms with Crippen molar-refractivity contribution in [1.29, 1.82) is 0 Å². The third-order valence-corrected chi connectivity index (χ3v) is 2.33. The molecule has 0 aliphatic carbocycles. The van der Waals surface area contributed by atoms with Crippen LogP contribution >= 0.6 is 0 Å². The Kier molecular flexibility index (Phi) is 4.98. The second-order valence-corrected chi connectivity index (χ2v) is 3.61. The van der Waals surface area contributed by atoms with Gasteiger partial charge < -0.3 is 0 Å². The average molecular weight is 270 g/mol. The van der Waals surface area contributed by atoms with Gasteiger partial charge >= 0.3 is 0 Å². The Morgan fingerprint density at radius 2 is 1.59 bits per heavy atom. The van der Waals surface area contributed by atoms with E-state index >= 15 is 0 Å². The molecule has 0 N–H and O–H groups in total. The van der Waals surface area contributed by atoms with E-state index in [1.807, 2.05) is 32.0 Å². The topological polar surface area (TPSA) is 38.1 Å². The summed E-state index contributed by atoms with van der Waals surface area (Å²) in [6.07, 6.45) is 5.10. The van der Waals surface area contributed by atoms with E-state index in [1.165, 1.54) is 0 Å². The van der Waals surface area contributed by atoms with Gasteiger partial charge in [0.2, 0.25) is 0 Å². The largest absolute Gasteiger partial charge is 0.252 e. The third-order valence-electron chi connectivity index (χ3n) is 2.33. The summed E-state index contributed by atoms with van der Waals surface area (Å²) in [5.41, 5.74) is 3.31. The second kappa shape index (κ2) is 6.26. The molecule has 1 heterocycles. The molecule has 90 valence electrons. The van der Waals surface area contributed by atoms with Gasteiger partial charge in [0.15, 0.2) is 5.82 Å². The summed E-state index contributed by atoms with van der Waals surface area (Å²) in [6.45, 7) is 4.09. The van der Waals surface area contributed by atoms with E-state index in [2.05, 4.69) is 15.0 Å². The first-order valence-electron chi connectivity index (χ1n) is 5.14. The predicted molar refractivity (Wildman–Crippen MR) is 65.2 cm³/mol. The molecule has 0 bridgehead atoms. The van der Waals surface area contributed by atoms with Crippen molar-refractivity contribution in [1.82, 2.24) is 9.97 Å². The number of para-hydroxylation sites is 1. The molecule has 0 unspecified atom stereocenters. The van der Waals surface area contributed by atoms with Crippen molar-refractivity contribution >= 4 is 11.9 Å². The number of aliphatic imine (C=N–C) groups is 1. The zero-order chi connectivity index (χ0) is 11.4. The monoisotopic (exact) mass is 269 g/mol. The van der Waals surface area contributed by atoms with Crippen LogP contribution in [0.5, 0.6) is 0 Å². The molecule has 1 aromatic carbocycles. The number of aromatic nitrogens is 2. The summed E-state index contributed by atoms with van der Waals surface area (Å²) in [5.74, 6) is 0.630. The maximum absolute atomic E-state index is 4.43. The Bertz CT molecular complexity index is 489. The molecule has 17 heavy (non-hydrogen) atoms. The number of hydrogen-bond acceptors (Lipinski definition) is 3. The molecule has 0 spiro atoms. The summed E-state index contributed by atoms with van der Waals surface area (Å²) in [5, 5.41) is 0. The van der Waals surface area contributed by atoms with Crippen LogP contribution in [0.1, 0.15) is 17.0 Å². The summed E-state index contributed by atoms with van der Waals surface area (Å²) >= 11 is 0. The molecule has 0 atom stereocenters. The molecule has 2 aromatic rings. The van der Waals surface area contributed by atoms with Gasteiger partial charge in [-0.1, -0.05) is 18.2 Å². The Morgan fingerprint density at radius 3 is 2.18 bits per heavy atom. The molecule has 0 aliphatic heterocycles. The smallest absolute Gasteiger partial charge is 0.170 e. The number of benzene rings is 1. The molecule has 0 amide bonds. The van der Waals surface area contributed by atoms with E-state index < -0.39 is 0 Å². The van der Waals surface area contributed by atoms with Crippen LogP contribution in [-0.2, 0) is 16.5 Å². The summed E-state index contributed by atoms with van der Waals surface area (Å²) in [4.78, 5) is 12.6. The molecule has 1 aromatic heterocycles. The summed E-state index contributed by atoms with van der Waals surface area (Å²) < 4.78 is 0. The van der Waals surface area contributed by atoms with Crippen LogP contribution in [0.3, 0.4) is 0 Å². The van der Waals surface area contributed by atoms with Crippen LogP contribution in [0.4, 0.5) is 5.69 Å². The summed E-state index contributed by atoms with van der Waals surface area (Å²) in [7, 11) is 0. The molecule has 0 saturated heterocycles. The zero-order valence-electron chi connectivity index (χ0n) is 9.70. The minimum atomic E-state index is 0. The van der Waals surface area contributed by atoms with Crippen LogP contribution < -0.4 is 0 Å². The zero-order valence-corrected chi connectivity index (χ0v) is 10.7. The molecule has 0 saturated carbocycles. The second-order valence-electron chi connectivity index (χ2n) is 3.61. The molecule has 0 fully saturated rings. The Labute approximate surface area is 111 Å². The minimum absolute atomic E-state index is 0. The van der Waals surface area contributed by atoms with Crippen molar-refractivity contribution in [3.63, 3.8) is 0 Å². The Balaban J connectivity index is 0.00000144. The van der Waals surface area contributed by atoms with Crippen LogP contribution in [0.25, 0.3) is 0 Å². The van der Waals surface area contributed by atoms with Crippen molar-refractivity contribution in [2.24, 2.45) is 4.99 Å². The van der Waals surface area contributed by atoms with E-state index in [-0.39, 0.29) is 16.5 Å². The maximum atomic E-state index is 4.43. The van der Waals surface area contributed by atoms with Crippen molar-refractivity contribution in [2.75, 3.05) is 0 Å². The number of aryl methyl sites for hydroxylation is 2. The SMILES string of the molecule is Cc1cccc(C)c1N=Cc1ncccn1.[Ni]. The van der Waals surface area contributed by atoms with Gasteiger partial charge in [-0.25, -0.2) is 9.97 Å².